The molecule has 0 aliphatic rings. The number of hydrogen-bond donors (Lipinski definition) is 2. The summed E-state index contributed by atoms with van der Waals surface area (Å²) in [4.78, 5) is 26.4. The molecule has 2 N–H and O–H groups in total. The first-order valence-corrected chi connectivity index (χ1v) is 6.28. The highest BCUT2D eigenvalue weighted by Crippen LogP contribution is 2.17. The Morgan fingerprint density at radius 2 is 2.05 bits per heavy atom. The van der Waals surface area contributed by atoms with Gasteiger partial charge in [-0.3, -0.25) is 9.59 Å². The number of aromatic nitrogens is 1. The lowest BCUT2D eigenvalue weighted by atomic mass is 10.1. The maximum absolute atomic E-state index is 12.1. The molecular formula is C15H16N2O2. The average molecular weight is 256 g/mol. The fraction of sp³-hybridized carbons (Fsp3) is 0.200. The molecule has 0 bridgehead atoms. The molecule has 0 spiro atoms. The molecule has 2 aromatic rings. The van der Waals surface area contributed by atoms with Crippen LogP contribution in [0.3, 0.4) is 0 Å². The Kier molecular flexibility index (Phi) is 4.13. The predicted molar refractivity (Wildman–Crippen MR) is 75.5 cm³/mol. The summed E-state index contributed by atoms with van der Waals surface area (Å²) >= 11 is 0. The number of carbonyl (C=O) groups is 1. The van der Waals surface area contributed by atoms with Gasteiger partial charge in [-0.2, -0.15) is 0 Å². The van der Waals surface area contributed by atoms with Crippen LogP contribution in [0.4, 0.5) is 5.69 Å². The van der Waals surface area contributed by atoms with Crippen molar-refractivity contribution in [2.45, 2.75) is 19.8 Å². The third-order valence-corrected chi connectivity index (χ3v) is 2.85. The molecule has 0 unspecified atom stereocenters. The summed E-state index contributed by atoms with van der Waals surface area (Å²) in [5.74, 6) is -0.384. The maximum Gasteiger partial charge on any atom is 0.261 e. The first-order chi connectivity index (χ1) is 9.22. The molecule has 0 saturated carbocycles. The summed E-state index contributed by atoms with van der Waals surface area (Å²) in [6, 6.07) is 8.97. The number of amides is 1. The molecule has 4 heteroatoms. The van der Waals surface area contributed by atoms with Crippen LogP contribution in [0.15, 0.2) is 47.5 Å². The Hall–Kier alpha value is -2.36. The van der Waals surface area contributed by atoms with Gasteiger partial charge in [-0.15, -0.1) is 0 Å². The molecule has 0 fully saturated rings. The molecule has 1 amide bonds. The molecule has 1 heterocycles. The minimum atomic E-state index is -0.384. The number of aromatic amines is 1. The zero-order chi connectivity index (χ0) is 13.7. The van der Waals surface area contributed by atoms with Crippen LogP contribution >= 0.6 is 0 Å². The molecule has 4 nitrogen and oxygen atoms in total. The van der Waals surface area contributed by atoms with E-state index in [1.807, 2.05) is 24.3 Å². The first-order valence-electron chi connectivity index (χ1n) is 6.28. The number of hydrogen-bond acceptors (Lipinski definition) is 2. The van der Waals surface area contributed by atoms with E-state index in [1.54, 1.807) is 0 Å². The van der Waals surface area contributed by atoms with Gasteiger partial charge in [0.25, 0.3) is 5.91 Å². The quantitative estimate of drug-likeness (QED) is 0.883. The highest BCUT2D eigenvalue weighted by Gasteiger charge is 2.11. The fourth-order valence-electron chi connectivity index (χ4n) is 1.91. The number of aryl methyl sites for hydroxylation is 1. The molecule has 0 aliphatic carbocycles. The van der Waals surface area contributed by atoms with Crippen molar-refractivity contribution >= 4 is 11.6 Å². The summed E-state index contributed by atoms with van der Waals surface area (Å²) in [7, 11) is 0. The number of anilines is 1. The topological polar surface area (TPSA) is 62.0 Å². The van der Waals surface area contributed by atoms with Crippen LogP contribution in [-0.4, -0.2) is 10.9 Å². The molecule has 0 saturated heterocycles. The second kappa shape index (κ2) is 6.00. The number of nitrogens with one attached hydrogen (secondary N) is 2. The van der Waals surface area contributed by atoms with Gasteiger partial charge in [0.05, 0.1) is 0 Å². The number of rotatable bonds is 4. The van der Waals surface area contributed by atoms with Gasteiger partial charge in [-0.05, 0) is 18.1 Å². The Balaban J connectivity index is 2.25. The maximum atomic E-state index is 12.1. The van der Waals surface area contributed by atoms with Crippen LogP contribution in [0.2, 0.25) is 0 Å². The molecule has 98 valence electrons. The summed E-state index contributed by atoms with van der Waals surface area (Å²) in [6.45, 7) is 2.08. The largest absolute Gasteiger partial charge is 0.367 e. The summed E-state index contributed by atoms with van der Waals surface area (Å²) < 4.78 is 0. The van der Waals surface area contributed by atoms with E-state index in [1.165, 1.54) is 18.5 Å². The van der Waals surface area contributed by atoms with Crippen molar-refractivity contribution in [3.63, 3.8) is 0 Å². The smallest absolute Gasteiger partial charge is 0.261 e. The van der Waals surface area contributed by atoms with Crippen LogP contribution < -0.4 is 10.7 Å². The zero-order valence-corrected chi connectivity index (χ0v) is 10.8. The van der Waals surface area contributed by atoms with Crippen molar-refractivity contribution in [3.05, 3.63) is 64.1 Å². The van der Waals surface area contributed by atoms with E-state index in [0.29, 0.717) is 0 Å². The average Bonchev–Trinajstić information content (AvgIpc) is 2.41. The van der Waals surface area contributed by atoms with Gasteiger partial charge in [0, 0.05) is 24.1 Å². The molecule has 19 heavy (non-hydrogen) atoms. The van der Waals surface area contributed by atoms with Gasteiger partial charge in [0.1, 0.15) is 5.56 Å². The lowest BCUT2D eigenvalue weighted by molar-refractivity contribution is 0.102. The van der Waals surface area contributed by atoms with Crippen LogP contribution in [-0.2, 0) is 6.42 Å². The van der Waals surface area contributed by atoms with Crippen LogP contribution in [0.5, 0.6) is 0 Å². The van der Waals surface area contributed by atoms with Crippen LogP contribution in [0, 0.1) is 0 Å². The molecule has 0 atom stereocenters. The van der Waals surface area contributed by atoms with E-state index < -0.39 is 0 Å². The number of benzene rings is 1. The second-order valence-corrected chi connectivity index (χ2v) is 4.28. The van der Waals surface area contributed by atoms with E-state index in [4.69, 9.17) is 0 Å². The predicted octanol–water partition coefficient (Wildman–Crippen LogP) is 2.58. The molecule has 1 aromatic heterocycles. The van der Waals surface area contributed by atoms with Crippen LogP contribution in [0.1, 0.15) is 29.3 Å². The normalized spacial score (nSPS) is 10.2. The van der Waals surface area contributed by atoms with Crippen molar-refractivity contribution in [1.29, 1.82) is 0 Å². The molecule has 2 rings (SSSR count). The van der Waals surface area contributed by atoms with Crippen molar-refractivity contribution in [1.82, 2.24) is 4.98 Å². The van der Waals surface area contributed by atoms with Gasteiger partial charge in [-0.1, -0.05) is 31.5 Å². The number of pyridine rings is 1. The minimum Gasteiger partial charge on any atom is -0.367 e. The number of H-pyrrole nitrogens is 1. The van der Waals surface area contributed by atoms with Gasteiger partial charge in [-0.25, -0.2) is 0 Å². The van der Waals surface area contributed by atoms with E-state index in [0.717, 1.165) is 24.1 Å². The number of para-hydroxylation sites is 1. The van der Waals surface area contributed by atoms with Crippen molar-refractivity contribution in [2.24, 2.45) is 0 Å². The number of carbonyl (C=O) groups excluding carboxylic acids is 1. The van der Waals surface area contributed by atoms with E-state index in [-0.39, 0.29) is 16.9 Å². The molecule has 0 aliphatic heterocycles. The first kappa shape index (κ1) is 13.1. The van der Waals surface area contributed by atoms with Crippen molar-refractivity contribution in [3.8, 4) is 0 Å². The Morgan fingerprint density at radius 1 is 1.26 bits per heavy atom. The summed E-state index contributed by atoms with van der Waals surface area (Å²) in [6.07, 6.45) is 4.81. The SMILES string of the molecule is CCCc1ccccc1NC(=O)c1c[nH]ccc1=O. The van der Waals surface area contributed by atoms with Crippen molar-refractivity contribution < 1.29 is 4.79 Å². The van der Waals surface area contributed by atoms with Gasteiger partial charge >= 0.3 is 0 Å². The minimum absolute atomic E-state index is 0.119. The van der Waals surface area contributed by atoms with Gasteiger partial charge in [0.2, 0.25) is 0 Å². The van der Waals surface area contributed by atoms with Gasteiger partial charge < -0.3 is 10.3 Å². The standard InChI is InChI=1S/C15H16N2O2/c1-2-5-11-6-3-4-7-13(11)17-15(19)12-10-16-9-8-14(12)18/h3-4,6-10H,2,5H2,1H3,(H,16,18)(H,17,19). The highest BCUT2D eigenvalue weighted by atomic mass is 16.2. The Bertz CT molecular complexity index is 632. The molecule has 0 radical (unpaired) electrons. The molecule has 1 aromatic carbocycles. The monoisotopic (exact) mass is 256 g/mol. The third kappa shape index (κ3) is 3.10. The highest BCUT2D eigenvalue weighted by molar-refractivity contribution is 6.04. The Morgan fingerprint density at radius 3 is 2.79 bits per heavy atom. The van der Waals surface area contributed by atoms with E-state index in [2.05, 4.69) is 17.2 Å². The fourth-order valence-corrected chi connectivity index (χ4v) is 1.91. The van der Waals surface area contributed by atoms with Gasteiger partial charge in [0.15, 0.2) is 5.43 Å². The molecular weight excluding hydrogens is 240 g/mol. The lowest BCUT2D eigenvalue weighted by Gasteiger charge is -2.09. The second-order valence-electron chi connectivity index (χ2n) is 4.28. The summed E-state index contributed by atoms with van der Waals surface area (Å²) in [5.41, 5.74) is 1.67. The summed E-state index contributed by atoms with van der Waals surface area (Å²) in [5, 5.41) is 2.79. The van der Waals surface area contributed by atoms with E-state index in [9.17, 15) is 9.59 Å². The van der Waals surface area contributed by atoms with Crippen molar-refractivity contribution in [2.75, 3.05) is 5.32 Å². The van der Waals surface area contributed by atoms with E-state index >= 15 is 0 Å². The lowest BCUT2D eigenvalue weighted by Crippen LogP contribution is -2.21. The zero-order valence-electron chi connectivity index (χ0n) is 10.8. The Labute approximate surface area is 111 Å². The van der Waals surface area contributed by atoms with Crippen LogP contribution in [0.25, 0.3) is 0 Å². The third-order valence-electron chi connectivity index (χ3n) is 2.85.